The molecule has 0 saturated heterocycles. The van der Waals surface area contributed by atoms with Crippen LogP contribution in [0.3, 0.4) is 0 Å². The molecule has 2 aromatic rings. The van der Waals surface area contributed by atoms with Crippen LogP contribution in [0.4, 0.5) is 13.2 Å². The zero-order chi connectivity index (χ0) is 18.7. The summed E-state index contributed by atoms with van der Waals surface area (Å²) in [5, 5.41) is 25.7. The van der Waals surface area contributed by atoms with Gasteiger partial charge in [-0.25, -0.2) is 9.67 Å². The number of alkyl halides is 3. The van der Waals surface area contributed by atoms with Crippen molar-refractivity contribution in [3.05, 3.63) is 28.4 Å². The fourth-order valence-electron chi connectivity index (χ4n) is 2.79. The number of phenols is 2. The highest BCUT2D eigenvalue weighted by atomic mass is 32.1. The molecule has 2 N–H and O–H groups in total. The van der Waals surface area contributed by atoms with E-state index in [9.17, 15) is 23.4 Å². The maximum absolute atomic E-state index is 12.6. The van der Waals surface area contributed by atoms with Crippen molar-refractivity contribution in [3.8, 4) is 22.8 Å². The summed E-state index contributed by atoms with van der Waals surface area (Å²) in [4.78, 5) is 3.77. The Kier molecular flexibility index (Phi) is 5.36. The molecule has 1 fully saturated rings. The monoisotopic (exact) mass is 385 g/mol. The second kappa shape index (κ2) is 7.53. The first-order valence-electron chi connectivity index (χ1n) is 8.20. The molecule has 0 amide bonds. The number of rotatable bonds is 3. The maximum Gasteiger partial charge on any atom is 0.408 e. The maximum atomic E-state index is 12.6. The van der Waals surface area contributed by atoms with Crippen molar-refractivity contribution in [2.24, 2.45) is 10.1 Å². The average Bonchev–Trinajstić information content (AvgIpc) is 2.96. The number of nitrogens with zero attached hydrogens (tertiary/aromatic N) is 3. The highest BCUT2D eigenvalue weighted by molar-refractivity contribution is 7.07. The molecule has 9 heteroatoms. The molecule has 1 aliphatic carbocycles. The van der Waals surface area contributed by atoms with Crippen LogP contribution in [0.5, 0.6) is 11.5 Å². The fraction of sp³-hybridized carbons (Fsp3) is 0.412. The summed E-state index contributed by atoms with van der Waals surface area (Å²) in [5.74, 6) is -0.281. The lowest BCUT2D eigenvalue weighted by molar-refractivity contribution is -0.118. The zero-order valence-electron chi connectivity index (χ0n) is 13.8. The van der Waals surface area contributed by atoms with Gasteiger partial charge in [-0.2, -0.15) is 18.3 Å². The molecule has 1 aromatic carbocycles. The van der Waals surface area contributed by atoms with Gasteiger partial charge in [0.25, 0.3) is 0 Å². The zero-order valence-corrected chi connectivity index (χ0v) is 14.6. The minimum absolute atomic E-state index is 0.103. The van der Waals surface area contributed by atoms with Crippen LogP contribution in [-0.4, -0.2) is 33.3 Å². The van der Waals surface area contributed by atoms with Crippen molar-refractivity contribution in [3.63, 3.8) is 0 Å². The Bertz CT molecular complexity index is 876. The number of thiazole rings is 1. The van der Waals surface area contributed by atoms with Crippen molar-refractivity contribution < 1.29 is 23.4 Å². The lowest BCUT2D eigenvalue weighted by atomic mass is 9.99. The smallest absolute Gasteiger partial charge is 0.408 e. The first-order chi connectivity index (χ1) is 12.3. The van der Waals surface area contributed by atoms with E-state index in [0.717, 1.165) is 49.2 Å². The van der Waals surface area contributed by atoms with Crippen molar-refractivity contribution in [1.29, 1.82) is 0 Å². The van der Waals surface area contributed by atoms with Gasteiger partial charge in [0.2, 0.25) is 4.80 Å². The second-order valence-electron chi connectivity index (χ2n) is 6.08. The van der Waals surface area contributed by atoms with Crippen molar-refractivity contribution in [2.45, 2.75) is 38.3 Å². The van der Waals surface area contributed by atoms with E-state index in [4.69, 9.17) is 0 Å². The van der Waals surface area contributed by atoms with Crippen molar-refractivity contribution in [1.82, 2.24) is 4.68 Å². The molecular formula is C17H18F3N3O2S. The van der Waals surface area contributed by atoms with E-state index in [1.165, 1.54) is 22.9 Å². The molecule has 140 valence electrons. The standard InChI is InChI=1S/C17H18F3N3O2S/c18-17(19,20)10-21-16-23(22-11-4-2-1-3-5-11)14(9-26-16)13-7-6-12(24)8-15(13)25/h6-9,24-25H,1-5,10H2. The first kappa shape index (κ1) is 18.5. The topological polar surface area (TPSA) is 70.1 Å². The summed E-state index contributed by atoms with van der Waals surface area (Å²) in [6.07, 6.45) is 0.298. The quantitative estimate of drug-likeness (QED) is 0.829. The third kappa shape index (κ3) is 4.46. The molecule has 1 saturated carbocycles. The van der Waals surface area contributed by atoms with E-state index in [1.807, 2.05) is 0 Å². The molecule has 3 rings (SSSR count). The van der Waals surface area contributed by atoms with E-state index in [-0.39, 0.29) is 16.3 Å². The molecule has 1 aromatic heterocycles. The van der Waals surface area contributed by atoms with Crippen molar-refractivity contribution in [2.75, 3.05) is 6.54 Å². The van der Waals surface area contributed by atoms with Crippen LogP contribution in [0.15, 0.2) is 33.7 Å². The minimum atomic E-state index is -4.40. The Balaban J connectivity index is 2.11. The summed E-state index contributed by atoms with van der Waals surface area (Å²) in [7, 11) is 0. The Morgan fingerprint density at radius 1 is 1.12 bits per heavy atom. The van der Waals surface area contributed by atoms with Gasteiger partial charge in [0, 0.05) is 22.7 Å². The normalized spacial score (nSPS) is 16.1. The number of hydrogen-bond acceptors (Lipinski definition) is 5. The minimum Gasteiger partial charge on any atom is -0.508 e. The van der Waals surface area contributed by atoms with Crippen LogP contribution in [0, 0.1) is 0 Å². The SMILES string of the molecule is Oc1ccc(-c2csc(=NCC(F)(F)F)n2N=C2CCCCC2)c(O)c1. The van der Waals surface area contributed by atoms with Gasteiger partial charge in [0.15, 0.2) is 0 Å². The van der Waals surface area contributed by atoms with Crippen LogP contribution in [-0.2, 0) is 0 Å². The average molecular weight is 385 g/mol. The van der Waals surface area contributed by atoms with Gasteiger partial charge < -0.3 is 10.2 Å². The van der Waals surface area contributed by atoms with E-state index in [0.29, 0.717) is 11.3 Å². The number of benzene rings is 1. The summed E-state index contributed by atoms with van der Waals surface area (Å²) < 4.78 is 39.1. The van der Waals surface area contributed by atoms with Crippen LogP contribution in [0.1, 0.15) is 32.1 Å². The lowest BCUT2D eigenvalue weighted by Gasteiger charge is -2.13. The highest BCUT2D eigenvalue weighted by Gasteiger charge is 2.26. The molecule has 26 heavy (non-hydrogen) atoms. The second-order valence-corrected chi connectivity index (χ2v) is 6.91. The molecule has 0 aliphatic heterocycles. The third-order valence-electron chi connectivity index (χ3n) is 4.01. The van der Waals surface area contributed by atoms with Gasteiger partial charge in [-0.15, -0.1) is 11.3 Å². The first-order valence-corrected chi connectivity index (χ1v) is 9.08. The van der Waals surface area contributed by atoms with Gasteiger partial charge in [-0.3, -0.25) is 0 Å². The number of aromatic nitrogens is 1. The molecule has 1 heterocycles. The lowest BCUT2D eigenvalue weighted by Crippen LogP contribution is -2.20. The van der Waals surface area contributed by atoms with E-state index < -0.39 is 12.7 Å². The summed E-state index contributed by atoms with van der Waals surface area (Å²) in [5.41, 5.74) is 1.71. The molecule has 0 spiro atoms. The number of aromatic hydroxyl groups is 2. The number of hydrogen-bond donors (Lipinski definition) is 2. The summed E-state index contributed by atoms with van der Waals surface area (Å²) in [6, 6.07) is 4.08. The van der Waals surface area contributed by atoms with Gasteiger partial charge in [0.05, 0.1) is 5.69 Å². The third-order valence-corrected chi connectivity index (χ3v) is 4.86. The fourth-order valence-corrected chi connectivity index (χ4v) is 3.61. The Morgan fingerprint density at radius 2 is 1.85 bits per heavy atom. The van der Waals surface area contributed by atoms with Crippen LogP contribution < -0.4 is 4.80 Å². The van der Waals surface area contributed by atoms with Gasteiger partial charge in [0.1, 0.15) is 18.0 Å². The Morgan fingerprint density at radius 3 is 2.50 bits per heavy atom. The largest absolute Gasteiger partial charge is 0.508 e. The Labute approximate surface area is 151 Å². The molecule has 0 bridgehead atoms. The summed E-state index contributed by atoms with van der Waals surface area (Å²) in [6.45, 7) is -1.29. The highest BCUT2D eigenvalue weighted by Crippen LogP contribution is 2.32. The van der Waals surface area contributed by atoms with E-state index in [2.05, 4.69) is 10.1 Å². The molecule has 0 atom stereocenters. The van der Waals surface area contributed by atoms with Crippen LogP contribution >= 0.6 is 11.3 Å². The molecular weight excluding hydrogens is 367 g/mol. The van der Waals surface area contributed by atoms with Crippen LogP contribution in [0.25, 0.3) is 11.3 Å². The molecule has 0 radical (unpaired) electrons. The van der Waals surface area contributed by atoms with E-state index in [1.54, 1.807) is 5.38 Å². The predicted octanol–water partition coefficient (Wildman–Crippen LogP) is 4.26. The van der Waals surface area contributed by atoms with Crippen molar-refractivity contribution >= 4 is 17.0 Å². The summed E-state index contributed by atoms with van der Waals surface area (Å²) >= 11 is 1.03. The molecule has 5 nitrogen and oxygen atoms in total. The number of halogens is 3. The number of phenolic OH excluding ortho intramolecular Hbond substituents is 2. The van der Waals surface area contributed by atoms with Gasteiger partial charge in [-0.1, -0.05) is 6.42 Å². The molecule has 0 unspecified atom stereocenters. The van der Waals surface area contributed by atoms with Gasteiger partial charge in [-0.05, 0) is 37.8 Å². The van der Waals surface area contributed by atoms with Gasteiger partial charge >= 0.3 is 6.18 Å². The molecule has 1 aliphatic rings. The van der Waals surface area contributed by atoms with E-state index >= 15 is 0 Å². The Hall–Kier alpha value is -2.29. The predicted molar refractivity (Wildman–Crippen MR) is 93.5 cm³/mol. The van der Waals surface area contributed by atoms with Crippen LogP contribution in [0.2, 0.25) is 0 Å².